The van der Waals surface area contributed by atoms with E-state index in [-0.39, 0.29) is 0 Å². The summed E-state index contributed by atoms with van der Waals surface area (Å²) in [6.45, 7) is 0. The lowest BCUT2D eigenvalue weighted by Gasteiger charge is -2.35. The van der Waals surface area contributed by atoms with Crippen molar-refractivity contribution in [1.82, 2.24) is 0 Å². The average Bonchev–Trinajstić information content (AvgIpc) is 3.72. The Morgan fingerprint density at radius 1 is 0.265 bits per heavy atom. The highest BCUT2D eigenvalue weighted by atomic mass is 15.1. The minimum absolute atomic E-state index is 0.574. The second kappa shape index (κ2) is 16.3. The van der Waals surface area contributed by atoms with Crippen LogP contribution in [-0.2, 0) is 5.41 Å². The van der Waals surface area contributed by atoms with Crippen molar-refractivity contribution in [3.8, 4) is 44.5 Å². The van der Waals surface area contributed by atoms with Gasteiger partial charge in [0, 0.05) is 22.3 Å². The van der Waals surface area contributed by atoms with Crippen molar-refractivity contribution in [2.75, 3.05) is 4.90 Å². The van der Waals surface area contributed by atoms with Crippen molar-refractivity contribution in [1.29, 1.82) is 0 Å². The maximum Gasteiger partial charge on any atom is 0.0714 e. The van der Waals surface area contributed by atoms with Crippen molar-refractivity contribution in [3.05, 3.63) is 295 Å². The molecule has 1 heteroatoms. The van der Waals surface area contributed by atoms with Crippen LogP contribution in [0.5, 0.6) is 0 Å². The van der Waals surface area contributed by atoms with Crippen LogP contribution in [0.15, 0.2) is 273 Å². The molecule has 0 unspecified atom stereocenters. The van der Waals surface area contributed by atoms with Gasteiger partial charge in [0.15, 0.2) is 0 Å². The van der Waals surface area contributed by atoms with Gasteiger partial charge >= 0.3 is 0 Å². The van der Waals surface area contributed by atoms with E-state index in [1.807, 2.05) is 0 Å². The molecule has 12 aromatic carbocycles. The van der Waals surface area contributed by atoms with E-state index < -0.39 is 5.41 Å². The maximum atomic E-state index is 2.57. The summed E-state index contributed by atoms with van der Waals surface area (Å²) in [5, 5.41) is 7.28. The third kappa shape index (κ3) is 6.24. The molecular weight excluding hydrogens is 819 g/mol. The number of hydrogen-bond acceptors (Lipinski definition) is 1. The van der Waals surface area contributed by atoms with Gasteiger partial charge in [-0.15, -0.1) is 0 Å². The van der Waals surface area contributed by atoms with Crippen LogP contribution in [0.4, 0.5) is 17.1 Å². The van der Waals surface area contributed by atoms with Crippen LogP contribution in [0.1, 0.15) is 22.3 Å². The van der Waals surface area contributed by atoms with Crippen LogP contribution >= 0.6 is 0 Å². The zero-order valence-electron chi connectivity index (χ0n) is 37.4. The van der Waals surface area contributed by atoms with Gasteiger partial charge in [-0.1, -0.05) is 243 Å². The number of anilines is 3. The highest BCUT2D eigenvalue weighted by molar-refractivity contribution is 6.23. The Hall–Kier alpha value is -8.78. The van der Waals surface area contributed by atoms with E-state index in [0.717, 1.165) is 17.1 Å². The van der Waals surface area contributed by atoms with Crippen LogP contribution in [-0.4, -0.2) is 0 Å². The van der Waals surface area contributed by atoms with Gasteiger partial charge in [0.05, 0.1) is 11.1 Å². The van der Waals surface area contributed by atoms with Crippen LogP contribution in [0.3, 0.4) is 0 Å². The fourth-order valence-electron chi connectivity index (χ4n) is 11.4. The molecule has 0 atom stereocenters. The quantitative estimate of drug-likeness (QED) is 0.138. The Kier molecular flexibility index (Phi) is 9.47. The highest BCUT2D eigenvalue weighted by Gasteiger charge is 2.46. The summed E-state index contributed by atoms with van der Waals surface area (Å²) in [7, 11) is 0. The SMILES string of the molecule is c1ccc(-c2ccc(N(c3ccc4c(c3)C(c3ccccc3)(c3ccccc3)c3ccccc3-4)c3c(-c4ccc5ccccc5c4)c4ccccc4c4ccccc34)cc2-c2ccccc2)cc1. The molecule has 0 aliphatic heterocycles. The summed E-state index contributed by atoms with van der Waals surface area (Å²) in [6, 6.07) is 101. The summed E-state index contributed by atoms with van der Waals surface area (Å²) in [5.41, 5.74) is 17.4. The monoisotopic (exact) mass is 863 g/mol. The summed E-state index contributed by atoms with van der Waals surface area (Å²) < 4.78 is 0. The number of fused-ring (bicyclic) bond motifs is 7. The molecule has 1 nitrogen and oxygen atoms in total. The van der Waals surface area contributed by atoms with Gasteiger partial charge in [-0.25, -0.2) is 0 Å². The fraction of sp³-hybridized carbons (Fsp3) is 0.0149. The lowest BCUT2D eigenvalue weighted by molar-refractivity contribution is 0.768. The predicted octanol–water partition coefficient (Wildman–Crippen LogP) is 18.0. The normalized spacial score (nSPS) is 12.5. The summed E-state index contributed by atoms with van der Waals surface area (Å²) in [6.07, 6.45) is 0. The molecule has 12 aromatic rings. The molecule has 13 rings (SSSR count). The van der Waals surface area contributed by atoms with Crippen LogP contribution < -0.4 is 4.90 Å². The standard InChI is InChI=1S/C67H45N/c1-5-22-47(23-6-1)55-41-39-53(44-62(55)48-24-7-2-8-25-48)68(66-61-35-18-16-32-57(61)56-31-15-17-34-60(56)65(66)50-38-37-46-21-13-14-26-49(46)43-50)54-40-42-59-58-33-19-20-36-63(58)67(64(59)45-54,51-27-9-3-10-28-51)52-29-11-4-12-30-52/h1-45H. The summed E-state index contributed by atoms with van der Waals surface area (Å²) in [4.78, 5) is 2.57. The Labute approximate surface area is 397 Å². The number of rotatable bonds is 8. The third-order valence-corrected chi connectivity index (χ3v) is 14.3. The van der Waals surface area contributed by atoms with E-state index in [4.69, 9.17) is 0 Å². The molecule has 0 saturated carbocycles. The van der Waals surface area contributed by atoms with Crippen LogP contribution in [0.25, 0.3) is 76.8 Å². The summed E-state index contributed by atoms with van der Waals surface area (Å²) in [5.74, 6) is 0. The molecule has 318 valence electrons. The maximum absolute atomic E-state index is 2.57. The molecule has 0 N–H and O–H groups in total. The zero-order valence-corrected chi connectivity index (χ0v) is 37.4. The first-order chi connectivity index (χ1) is 33.8. The second-order valence-electron chi connectivity index (χ2n) is 17.9. The molecule has 1 aliphatic carbocycles. The highest BCUT2D eigenvalue weighted by Crippen LogP contribution is 2.58. The minimum Gasteiger partial charge on any atom is -0.309 e. The lowest BCUT2D eigenvalue weighted by atomic mass is 9.67. The van der Waals surface area contributed by atoms with E-state index in [1.165, 1.54) is 99.1 Å². The van der Waals surface area contributed by atoms with Crippen molar-refractivity contribution >= 4 is 49.4 Å². The minimum atomic E-state index is -0.574. The number of nitrogens with zero attached hydrogens (tertiary/aromatic N) is 1. The van der Waals surface area contributed by atoms with E-state index in [0.29, 0.717) is 0 Å². The molecule has 0 heterocycles. The smallest absolute Gasteiger partial charge is 0.0714 e. The molecule has 0 aromatic heterocycles. The largest absolute Gasteiger partial charge is 0.309 e. The van der Waals surface area contributed by atoms with E-state index in [2.05, 4.69) is 278 Å². The van der Waals surface area contributed by atoms with Crippen LogP contribution in [0.2, 0.25) is 0 Å². The van der Waals surface area contributed by atoms with Gasteiger partial charge in [0.25, 0.3) is 0 Å². The van der Waals surface area contributed by atoms with E-state index >= 15 is 0 Å². The van der Waals surface area contributed by atoms with Crippen molar-refractivity contribution < 1.29 is 0 Å². The summed E-state index contributed by atoms with van der Waals surface area (Å²) >= 11 is 0. The second-order valence-corrected chi connectivity index (χ2v) is 17.9. The van der Waals surface area contributed by atoms with Gasteiger partial charge in [-0.2, -0.15) is 0 Å². The first kappa shape index (κ1) is 39.6. The zero-order chi connectivity index (χ0) is 45.0. The van der Waals surface area contributed by atoms with Gasteiger partial charge in [0.2, 0.25) is 0 Å². The molecule has 0 spiro atoms. The van der Waals surface area contributed by atoms with Gasteiger partial charge in [-0.3, -0.25) is 0 Å². The topological polar surface area (TPSA) is 3.24 Å². The van der Waals surface area contributed by atoms with Crippen molar-refractivity contribution in [2.45, 2.75) is 5.41 Å². The molecule has 0 saturated heterocycles. The van der Waals surface area contributed by atoms with Gasteiger partial charge < -0.3 is 4.90 Å². The molecular formula is C67H45N. The van der Waals surface area contributed by atoms with E-state index in [9.17, 15) is 0 Å². The van der Waals surface area contributed by atoms with Crippen LogP contribution in [0, 0.1) is 0 Å². The Bertz CT molecular complexity index is 3800. The van der Waals surface area contributed by atoms with Crippen molar-refractivity contribution in [2.24, 2.45) is 0 Å². The van der Waals surface area contributed by atoms with Crippen molar-refractivity contribution in [3.63, 3.8) is 0 Å². The Morgan fingerprint density at radius 2 is 0.750 bits per heavy atom. The molecule has 0 amide bonds. The Balaban J connectivity index is 1.18. The average molecular weight is 864 g/mol. The molecule has 1 aliphatic rings. The fourth-order valence-corrected chi connectivity index (χ4v) is 11.4. The number of hydrogen-bond donors (Lipinski definition) is 0. The molecule has 0 bridgehead atoms. The predicted molar refractivity (Wildman–Crippen MR) is 287 cm³/mol. The molecule has 0 fully saturated rings. The molecule has 68 heavy (non-hydrogen) atoms. The third-order valence-electron chi connectivity index (χ3n) is 14.3. The van der Waals surface area contributed by atoms with Gasteiger partial charge in [0.1, 0.15) is 0 Å². The lowest BCUT2D eigenvalue weighted by Crippen LogP contribution is -2.28. The first-order valence-electron chi connectivity index (χ1n) is 23.6. The first-order valence-corrected chi connectivity index (χ1v) is 23.6. The molecule has 0 radical (unpaired) electrons. The number of benzene rings is 12. The Morgan fingerprint density at radius 3 is 1.43 bits per heavy atom. The van der Waals surface area contributed by atoms with E-state index in [1.54, 1.807) is 0 Å². The van der Waals surface area contributed by atoms with Gasteiger partial charge in [-0.05, 0) is 118 Å².